The van der Waals surface area contributed by atoms with Crippen LogP contribution in [0.15, 0.2) is 64.4 Å². The number of hydrogen-bond donors (Lipinski definition) is 2. The highest BCUT2D eigenvalue weighted by Crippen LogP contribution is 2.44. The molecule has 3 aromatic rings. The van der Waals surface area contributed by atoms with E-state index in [1.54, 1.807) is 24.3 Å². The van der Waals surface area contributed by atoms with E-state index in [0.717, 1.165) is 21.6 Å². The van der Waals surface area contributed by atoms with Crippen LogP contribution in [0.4, 0.5) is 5.69 Å². The van der Waals surface area contributed by atoms with E-state index in [9.17, 15) is 18.0 Å². The Morgan fingerprint density at radius 3 is 2.76 bits per heavy atom. The molecule has 10 nitrogen and oxygen atoms in total. The van der Waals surface area contributed by atoms with Gasteiger partial charge in [0.2, 0.25) is 15.9 Å². The van der Waals surface area contributed by atoms with Crippen LogP contribution in [0.1, 0.15) is 35.6 Å². The van der Waals surface area contributed by atoms with Crippen LogP contribution in [-0.4, -0.2) is 63.7 Å². The highest BCUT2D eigenvalue weighted by atomic mass is 32.2. The molecule has 2 amide bonds. The summed E-state index contributed by atoms with van der Waals surface area (Å²) in [4.78, 5) is 25.5. The zero-order chi connectivity index (χ0) is 29.3. The summed E-state index contributed by atoms with van der Waals surface area (Å²) in [5.74, 6) is 1.66. The highest BCUT2D eigenvalue weighted by Gasteiger charge is 2.39. The quantitative estimate of drug-likeness (QED) is 0.461. The van der Waals surface area contributed by atoms with Crippen molar-refractivity contribution in [3.05, 3.63) is 71.3 Å². The lowest BCUT2D eigenvalue weighted by Crippen LogP contribution is -2.40. The summed E-state index contributed by atoms with van der Waals surface area (Å²) < 4.78 is 47.7. The Hall–Kier alpha value is -3.74. The first-order chi connectivity index (χ1) is 20.3. The summed E-state index contributed by atoms with van der Waals surface area (Å²) in [6.07, 6.45) is 1.38. The van der Waals surface area contributed by atoms with Gasteiger partial charge in [0.05, 0.1) is 30.3 Å². The third-order valence-corrected chi connectivity index (χ3v) is 10.4. The molecule has 4 heterocycles. The number of nitrogens with zero attached hydrogens (tertiary/aromatic N) is 1. The molecule has 1 unspecified atom stereocenters. The molecule has 0 radical (unpaired) electrons. The molecule has 0 aromatic heterocycles. The van der Waals surface area contributed by atoms with E-state index in [1.165, 1.54) is 23.2 Å². The normalized spacial score (nSPS) is 19.4. The van der Waals surface area contributed by atoms with Gasteiger partial charge in [-0.05, 0) is 72.0 Å². The number of sulfonamides is 1. The second-order valence-electron chi connectivity index (χ2n) is 10.2. The molecule has 6 bridgehead atoms. The van der Waals surface area contributed by atoms with E-state index in [1.807, 2.05) is 30.3 Å². The van der Waals surface area contributed by atoms with Crippen LogP contribution in [-0.2, 0) is 26.0 Å². The van der Waals surface area contributed by atoms with Crippen molar-refractivity contribution in [3.8, 4) is 17.2 Å². The fourth-order valence-electron chi connectivity index (χ4n) is 5.43. The van der Waals surface area contributed by atoms with Crippen LogP contribution in [0.25, 0.3) is 0 Å². The Kier molecular flexibility index (Phi) is 8.02. The second kappa shape index (κ2) is 11.9. The van der Waals surface area contributed by atoms with Crippen LogP contribution >= 0.6 is 11.8 Å². The zero-order valence-corrected chi connectivity index (χ0v) is 24.7. The maximum Gasteiger partial charge on any atom is 0.257 e. The van der Waals surface area contributed by atoms with E-state index >= 15 is 0 Å². The molecular weight excluding hydrogens is 578 g/mol. The van der Waals surface area contributed by atoms with Crippen LogP contribution in [0, 0.1) is 0 Å². The van der Waals surface area contributed by atoms with Gasteiger partial charge in [-0.15, -0.1) is 11.8 Å². The molecule has 2 N–H and O–H groups in total. The van der Waals surface area contributed by atoms with Crippen molar-refractivity contribution in [1.82, 2.24) is 9.62 Å². The maximum absolute atomic E-state index is 14.4. The number of amides is 2. The van der Waals surface area contributed by atoms with E-state index < -0.39 is 16.1 Å². The van der Waals surface area contributed by atoms with Crippen molar-refractivity contribution in [2.75, 3.05) is 44.5 Å². The average Bonchev–Trinajstić information content (AvgIpc) is 3.18. The Balaban J connectivity index is 1.47. The van der Waals surface area contributed by atoms with E-state index in [-0.39, 0.29) is 29.9 Å². The first-order valence-corrected chi connectivity index (χ1v) is 16.2. The van der Waals surface area contributed by atoms with Crippen LogP contribution in [0.2, 0.25) is 0 Å². The lowest BCUT2D eigenvalue weighted by molar-refractivity contribution is -0.123. The predicted molar refractivity (Wildman–Crippen MR) is 158 cm³/mol. The predicted octanol–water partition coefficient (Wildman–Crippen LogP) is 3.74. The Bertz CT molecular complexity index is 1640. The molecule has 12 heteroatoms. The van der Waals surface area contributed by atoms with Gasteiger partial charge >= 0.3 is 0 Å². The molecule has 0 spiro atoms. The number of anilines is 1. The molecule has 0 fully saturated rings. The molecule has 4 aliphatic heterocycles. The van der Waals surface area contributed by atoms with Gasteiger partial charge in [0.15, 0.2) is 18.1 Å². The van der Waals surface area contributed by atoms with Gasteiger partial charge in [0.1, 0.15) is 5.75 Å². The number of hydrogen-bond acceptors (Lipinski definition) is 8. The molecule has 0 aliphatic carbocycles. The van der Waals surface area contributed by atoms with Crippen molar-refractivity contribution in [2.45, 2.75) is 35.1 Å². The molecule has 1 atom stereocenters. The summed E-state index contributed by atoms with van der Waals surface area (Å²) in [5, 5.41) is 5.68. The van der Waals surface area contributed by atoms with E-state index in [2.05, 4.69) is 10.6 Å². The fraction of sp³-hybridized carbons (Fsp3) is 0.333. The smallest absolute Gasteiger partial charge is 0.257 e. The van der Waals surface area contributed by atoms with Crippen LogP contribution in [0.5, 0.6) is 17.2 Å². The molecule has 3 aromatic carbocycles. The van der Waals surface area contributed by atoms with Gasteiger partial charge in [-0.2, -0.15) is 4.31 Å². The summed E-state index contributed by atoms with van der Waals surface area (Å²) in [6.45, 7) is 0.836. The number of benzene rings is 3. The minimum absolute atomic E-state index is 0.102. The topological polar surface area (TPSA) is 123 Å². The number of ether oxygens (including phenoxy) is 3. The number of thioether (sulfide) groups is 1. The SMILES string of the molecule is COc1cc2c3cc1OCC(=O)NCCCOc1cccc(c1)C2N(S(=O)(=O)c1ccc2c(c1)NC(=O)CCS2)CC3. The highest BCUT2D eigenvalue weighted by molar-refractivity contribution is 7.99. The van der Waals surface area contributed by atoms with Gasteiger partial charge in [-0.1, -0.05) is 12.1 Å². The number of carbonyl (C=O) groups is 2. The van der Waals surface area contributed by atoms with Crippen LogP contribution < -0.4 is 24.8 Å². The molecule has 42 heavy (non-hydrogen) atoms. The summed E-state index contributed by atoms with van der Waals surface area (Å²) in [6, 6.07) is 15.3. The number of methoxy groups -OCH3 is 1. The van der Waals surface area contributed by atoms with E-state index in [0.29, 0.717) is 61.1 Å². The molecule has 0 saturated heterocycles. The number of nitrogens with one attached hydrogen (secondary N) is 2. The standard InChI is InChI=1S/C30H31N3O7S2/c1-38-25-17-23-19-8-11-33(42(36,37)22-6-7-27-24(16-22)32-28(34)9-13-41-27)30(23)20-4-2-5-21(14-20)39-12-3-10-31-29(35)18-40-26(25)15-19/h2,4-7,14-17,30H,3,8-13,18H2,1H3,(H,31,35)(H,32,34). The first kappa shape index (κ1) is 28.4. The van der Waals surface area contributed by atoms with Gasteiger partial charge in [0, 0.05) is 30.2 Å². The molecule has 0 saturated carbocycles. The van der Waals surface area contributed by atoms with Crippen molar-refractivity contribution >= 4 is 39.3 Å². The summed E-state index contributed by atoms with van der Waals surface area (Å²) in [5.41, 5.74) is 2.89. The lowest BCUT2D eigenvalue weighted by atomic mass is 9.89. The summed E-state index contributed by atoms with van der Waals surface area (Å²) >= 11 is 1.52. The molecule has 220 valence electrons. The average molecular weight is 610 g/mol. The van der Waals surface area contributed by atoms with Gasteiger partial charge in [0.25, 0.3) is 5.91 Å². The van der Waals surface area contributed by atoms with Crippen LogP contribution in [0.3, 0.4) is 0 Å². The monoisotopic (exact) mass is 609 g/mol. The fourth-order valence-corrected chi connectivity index (χ4v) is 7.99. The molecule has 7 rings (SSSR count). The molecule has 4 aliphatic rings. The van der Waals surface area contributed by atoms with E-state index in [4.69, 9.17) is 14.2 Å². The number of carbonyl (C=O) groups excluding carboxylic acids is 2. The van der Waals surface area contributed by atoms with Gasteiger partial charge < -0.3 is 24.8 Å². The first-order valence-electron chi connectivity index (χ1n) is 13.7. The third-order valence-electron chi connectivity index (χ3n) is 7.47. The Morgan fingerprint density at radius 2 is 1.90 bits per heavy atom. The van der Waals surface area contributed by atoms with Crippen molar-refractivity contribution in [2.24, 2.45) is 0 Å². The van der Waals surface area contributed by atoms with Crippen molar-refractivity contribution in [3.63, 3.8) is 0 Å². The minimum atomic E-state index is -4.03. The maximum atomic E-state index is 14.4. The second-order valence-corrected chi connectivity index (χ2v) is 13.2. The van der Waals surface area contributed by atoms with Crippen molar-refractivity contribution < 1.29 is 32.2 Å². The Morgan fingerprint density at radius 1 is 1.02 bits per heavy atom. The van der Waals surface area contributed by atoms with Crippen molar-refractivity contribution in [1.29, 1.82) is 0 Å². The molecular formula is C30H31N3O7S2. The lowest BCUT2D eigenvalue weighted by Gasteiger charge is -2.37. The number of fused-ring (bicyclic) bond motifs is 9. The zero-order valence-electron chi connectivity index (χ0n) is 23.1. The minimum Gasteiger partial charge on any atom is -0.494 e. The number of rotatable bonds is 3. The van der Waals surface area contributed by atoms with Gasteiger partial charge in [-0.3, -0.25) is 9.59 Å². The largest absolute Gasteiger partial charge is 0.494 e. The Labute approximate surface area is 248 Å². The third kappa shape index (κ3) is 5.66. The van der Waals surface area contributed by atoms with Gasteiger partial charge in [-0.25, -0.2) is 8.42 Å². The summed E-state index contributed by atoms with van der Waals surface area (Å²) in [7, 11) is -2.52.